The predicted octanol–water partition coefficient (Wildman–Crippen LogP) is 4.73. The fourth-order valence-corrected chi connectivity index (χ4v) is 4.55. The SMILES string of the molecule is Cc1cc(C)nc(SCc2ccc(C(=O)NNC(=O)CSCc3ccc(Cl)cc3)cc2)n1. The number of amides is 2. The van der Waals surface area contributed by atoms with Crippen molar-refractivity contribution in [2.24, 2.45) is 0 Å². The van der Waals surface area contributed by atoms with Crippen molar-refractivity contribution in [3.63, 3.8) is 0 Å². The van der Waals surface area contributed by atoms with Crippen LogP contribution in [0.1, 0.15) is 32.9 Å². The molecule has 0 spiro atoms. The summed E-state index contributed by atoms with van der Waals surface area (Å²) in [6.45, 7) is 3.90. The van der Waals surface area contributed by atoms with Crippen LogP contribution < -0.4 is 10.9 Å². The highest BCUT2D eigenvalue weighted by Gasteiger charge is 2.08. The van der Waals surface area contributed by atoms with E-state index in [1.165, 1.54) is 11.8 Å². The van der Waals surface area contributed by atoms with Crippen molar-refractivity contribution < 1.29 is 9.59 Å². The number of hydrazine groups is 1. The van der Waals surface area contributed by atoms with Crippen molar-refractivity contribution in [1.29, 1.82) is 0 Å². The average Bonchev–Trinajstić information content (AvgIpc) is 2.77. The van der Waals surface area contributed by atoms with E-state index in [4.69, 9.17) is 11.6 Å². The number of carbonyl (C=O) groups is 2. The van der Waals surface area contributed by atoms with Gasteiger partial charge in [-0.05, 0) is 55.3 Å². The lowest BCUT2D eigenvalue weighted by molar-refractivity contribution is -0.119. The van der Waals surface area contributed by atoms with Crippen molar-refractivity contribution in [3.8, 4) is 0 Å². The molecule has 0 fully saturated rings. The molecule has 2 amide bonds. The van der Waals surface area contributed by atoms with E-state index in [2.05, 4.69) is 20.8 Å². The smallest absolute Gasteiger partial charge is 0.269 e. The van der Waals surface area contributed by atoms with Gasteiger partial charge in [0.05, 0.1) is 5.75 Å². The zero-order chi connectivity index (χ0) is 22.9. The summed E-state index contributed by atoms with van der Waals surface area (Å²) >= 11 is 8.86. The summed E-state index contributed by atoms with van der Waals surface area (Å²) in [5.74, 6) is 0.994. The Morgan fingerprint density at radius 3 is 2.12 bits per heavy atom. The molecule has 0 aliphatic carbocycles. The number of hydrogen-bond donors (Lipinski definition) is 2. The van der Waals surface area contributed by atoms with Crippen LogP contribution in [0.2, 0.25) is 5.02 Å². The van der Waals surface area contributed by atoms with Gasteiger partial charge in [0.1, 0.15) is 0 Å². The summed E-state index contributed by atoms with van der Waals surface area (Å²) < 4.78 is 0. The first-order valence-electron chi connectivity index (χ1n) is 9.84. The molecule has 0 aliphatic heterocycles. The van der Waals surface area contributed by atoms with Gasteiger partial charge >= 0.3 is 0 Å². The summed E-state index contributed by atoms with van der Waals surface area (Å²) in [5.41, 5.74) is 9.38. The molecule has 0 bridgehead atoms. The average molecular weight is 487 g/mol. The summed E-state index contributed by atoms with van der Waals surface area (Å²) in [6, 6.07) is 16.7. The molecule has 9 heteroatoms. The monoisotopic (exact) mass is 486 g/mol. The number of thioether (sulfide) groups is 2. The van der Waals surface area contributed by atoms with Gasteiger partial charge in [0.15, 0.2) is 5.16 Å². The molecule has 1 aromatic heterocycles. The molecule has 32 heavy (non-hydrogen) atoms. The quantitative estimate of drug-likeness (QED) is 0.272. The molecule has 0 radical (unpaired) electrons. The molecule has 0 saturated heterocycles. The standard InChI is InChI=1S/C23H23ClN4O2S2/c1-15-11-16(2)26-23(25-15)32-13-18-3-7-19(8-4-18)22(30)28-27-21(29)14-31-12-17-5-9-20(24)10-6-17/h3-11H,12-14H2,1-2H3,(H,27,29)(H,28,30). The predicted molar refractivity (Wildman–Crippen MR) is 131 cm³/mol. The maximum Gasteiger partial charge on any atom is 0.269 e. The first-order valence-corrected chi connectivity index (χ1v) is 12.4. The van der Waals surface area contributed by atoms with Gasteiger partial charge in [0.2, 0.25) is 5.91 Å². The van der Waals surface area contributed by atoms with Gasteiger partial charge in [-0.25, -0.2) is 9.97 Å². The lowest BCUT2D eigenvalue weighted by Gasteiger charge is -2.08. The van der Waals surface area contributed by atoms with Gasteiger partial charge in [0, 0.05) is 33.5 Å². The number of rotatable bonds is 8. The van der Waals surface area contributed by atoms with E-state index in [9.17, 15) is 9.59 Å². The van der Waals surface area contributed by atoms with Gasteiger partial charge in [-0.2, -0.15) is 0 Å². The highest BCUT2D eigenvalue weighted by molar-refractivity contribution is 7.99. The fourth-order valence-electron chi connectivity index (χ4n) is 2.74. The molecule has 0 aliphatic rings. The second-order valence-electron chi connectivity index (χ2n) is 7.04. The molecule has 2 aromatic carbocycles. The number of benzene rings is 2. The van der Waals surface area contributed by atoms with Crippen LogP contribution in [0.15, 0.2) is 59.8 Å². The maximum absolute atomic E-state index is 12.3. The molecule has 3 aromatic rings. The molecule has 0 saturated carbocycles. The minimum Gasteiger partial charge on any atom is -0.272 e. The Hall–Kier alpha value is -2.55. The van der Waals surface area contributed by atoms with Crippen molar-refractivity contribution in [2.75, 3.05) is 5.75 Å². The first kappa shape index (κ1) is 24.1. The number of aryl methyl sites for hydroxylation is 2. The van der Waals surface area contributed by atoms with Crippen LogP contribution in [0.3, 0.4) is 0 Å². The Morgan fingerprint density at radius 1 is 0.875 bits per heavy atom. The summed E-state index contributed by atoms with van der Waals surface area (Å²) in [7, 11) is 0. The van der Waals surface area contributed by atoms with Crippen LogP contribution in [0.25, 0.3) is 0 Å². The number of nitrogens with zero attached hydrogens (tertiary/aromatic N) is 2. The van der Waals surface area contributed by atoms with E-state index >= 15 is 0 Å². The van der Waals surface area contributed by atoms with E-state index < -0.39 is 0 Å². The third kappa shape index (κ3) is 7.85. The topological polar surface area (TPSA) is 84.0 Å². The zero-order valence-corrected chi connectivity index (χ0v) is 20.1. The summed E-state index contributed by atoms with van der Waals surface area (Å²) in [6.07, 6.45) is 0. The molecule has 3 rings (SSSR count). The van der Waals surface area contributed by atoms with Crippen molar-refractivity contribution in [2.45, 2.75) is 30.5 Å². The number of carbonyl (C=O) groups excluding carboxylic acids is 2. The van der Waals surface area contributed by atoms with Crippen LogP contribution in [-0.4, -0.2) is 27.5 Å². The van der Waals surface area contributed by atoms with Gasteiger partial charge in [-0.1, -0.05) is 47.6 Å². The normalized spacial score (nSPS) is 10.6. The number of nitrogens with one attached hydrogen (secondary N) is 2. The van der Waals surface area contributed by atoms with Crippen LogP contribution in [0.5, 0.6) is 0 Å². The van der Waals surface area contributed by atoms with Crippen molar-refractivity contribution in [1.82, 2.24) is 20.8 Å². The minimum atomic E-state index is -0.363. The Morgan fingerprint density at radius 2 is 1.47 bits per heavy atom. The Labute approximate surface area is 200 Å². The van der Waals surface area contributed by atoms with E-state index in [1.807, 2.05) is 56.3 Å². The Bertz CT molecular complexity index is 1060. The van der Waals surface area contributed by atoms with E-state index in [0.717, 1.165) is 27.7 Å². The van der Waals surface area contributed by atoms with Crippen LogP contribution >= 0.6 is 35.1 Å². The van der Waals surface area contributed by atoms with Crippen molar-refractivity contribution >= 4 is 46.9 Å². The van der Waals surface area contributed by atoms with E-state index in [0.29, 0.717) is 22.1 Å². The number of halogens is 1. The number of hydrogen-bond acceptors (Lipinski definition) is 6. The van der Waals surface area contributed by atoms with Gasteiger partial charge in [-0.15, -0.1) is 11.8 Å². The highest BCUT2D eigenvalue weighted by atomic mass is 35.5. The van der Waals surface area contributed by atoms with Crippen molar-refractivity contribution in [3.05, 3.63) is 87.7 Å². The van der Waals surface area contributed by atoms with Crippen LogP contribution in [0.4, 0.5) is 0 Å². The molecule has 0 atom stereocenters. The van der Waals surface area contributed by atoms with Crippen LogP contribution in [0, 0.1) is 13.8 Å². The Balaban J connectivity index is 1.40. The minimum absolute atomic E-state index is 0.236. The summed E-state index contributed by atoms with van der Waals surface area (Å²) in [5, 5.41) is 1.42. The molecule has 166 valence electrons. The lowest BCUT2D eigenvalue weighted by atomic mass is 10.1. The van der Waals surface area contributed by atoms with Crippen LogP contribution in [-0.2, 0) is 16.3 Å². The largest absolute Gasteiger partial charge is 0.272 e. The van der Waals surface area contributed by atoms with Gasteiger partial charge in [0.25, 0.3) is 5.91 Å². The lowest BCUT2D eigenvalue weighted by Crippen LogP contribution is -2.42. The highest BCUT2D eigenvalue weighted by Crippen LogP contribution is 2.20. The first-order chi connectivity index (χ1) is 15.4. The molecular formula is C23H23ClN4O2S2. The molecule has 1 heterocycles. The summed E-state index contributed by atoms with van der Waals surface area (Å²) in [4.78, 5) is 33.1. The molecule has 6 nitrogen and oxygen atoms in total. The Kier molecular flexibility index (Phi) is 8.96. The zero-order valence-electron chi connectivity index (χ0n) is 17.7. The van der Waals surface area contributed by atoms with E-state index in [1.54, 1.807) is 23.9 Å². The maximum atomic E-state index is 12.3. The third-order valence-corrected chi connectivity index (χ3v) is 6.45. The number of aromatic nitrogens is 2. The molecule has 2 N–H and O–H groups in total. The van der Waals surface area contributed by atoms with Gasteiger partial charge < -0.3 is 0 Å². The molecule has 0 unspecified atom stereocenters. The third-order valence-electron chi connectivity index (χ3n) is 4.28. The van der Waals surface area contributed by atoms with E-state index in [-0.39, 0.29) is 17.6 Å². The second kappa shape index (κ2) is 11.9. The molecular weight excluding hydrogens is 464 g/mol. The second-order valence-corrected chi connectivity index (χ2v) is 9.40. The fraction of sp³-hybridized carbons (Fsp3) is 0.217. The van der Waals surface area contributed by atoms with Gasteiger partial charge in [-0.3, -0.25) is 20.4 Å².